The van der Waals surface area contributed by atoms with E-state index in [0.717, 1.165) is 5.56 Å². The lowest BCUT2D eigenvalue weighted by atomic mass is 9.87. The average molecular weight is 430 g/mol. The van der Waals surface area contributed by atoms with Crippen LogP contribution in [0.2, 0.25) is 0 Å². The molecule has 8 heteroatoms. The van der Waals surface area contributed by atoms with Gasteiger partial charge in [-0.3, -0.25) is 9.59 Å². The molecular weight excluding hydrogens is 403 g/mol. The van der Waals surface area contributed by atoms with Crippen molar-refractivity contribution >= 4 is 11.8 Å². The molecular formula is C23H27FN2O5. The van der Waals surface area contributed by atoms with E-state index in [4.69, 9.17) is 14.2 Å². The molecule has 2 amide bonds. The maximum Gasteiger partial charge on any atom is 0.253 e. The van der Waals surface area contributed by atoms with Crippen molar-refractivity contribution < 1.29 is 28.2 Å². The fourth-order valence-corrected chi connectivity index (χ4v) is 3.86. The molecule has 1 fully saturated rings. The lowest BCUT2D eigenvalue weighted by Gasteiger charge is -2.21. The zero-order valence-corrected chi connectivity index (χ0v) is 17.9. The van der Waals surface area contributed by atoms with E-state index in [1.165, 1.54) is 24.3 Å². The lowest BCUT2D eigenvalue weighted by molar-refractivity contribution is -0.125. The first-order chi connectivity index (χ1) is 15.0. The maximum absolute atomic E-state index is 13.3. The van der Waals surface area contributed by atoms with Gasteiger partial charge >= 0.3 is 0 Å². The molecule has 7 nitrogen and oxygen atoms in total. The van der Waals surface area contributed by atoms with Gasteiger partial charge < -0.3 is 24.4 Å². The third-order valence-corrected chi connectivity index (χ3v) is 5.48. The summed E-state index contributed by atoms with van der Waals surface area (Å²) in [5.74, 6) is -0.346. The number of likely N-dealkylation sites (tertiary alicyclic amines) is 1. The molecule has 0 bridgehead atoms. The number of ether oxygens (including phenoxy) is 3. The first-order valence-electron chi connectivity index (χ1n) is 10.0. The Morgan fingerprint density at radius 3 is 2.45 bits per heavy atom. The Hall–Kier alpha value is -3.13. The molecule has 1 heterocycles. The second-order valence-electron chi connectivity index (χ2n) is 7.32. The van der Waals surface area contributed by atoms with E-state index < -0.39 is 11.7 Å². The van der Waals surface area contributed by atoms with Gasteiger partial charge in [0.2, 0.25) is 5.91 Å². The van der Waals surface area contributed by atoms with Crippen LogP contribution in [0.5, 0.6) is 11.5 Å². The van der Waals surface area contributed by atoms with Crippen molar-refractivity contribution in [2.45, 2.75) is 5.92 Å². The summed E-state index contributed by atoms with van der Waals surface area (Å²) in [5.41, 5.74) is 1.17. The van der Waals surface area contributed by atoms with E-state index in [1.54, 1.807) is 38.4 Å². The first-order valence-corrected chi connectivity index (χ1v) is 10.0. The summed E-state index contributed by atoms with van der Waals surface area (Å²) < 4.78 is 29.2. The molecule has 2 aromatic carbocycles. The molecule has 0 saturated carbocycles. The van der Waals surface area contributed by atoms with Gasteiger partial charge in [-0.25, -0.2) is 4.39 Å². The van der Waals surface area contributed by atoms with Gasteiger partial charge in [-0.15, -0.1) is 0 Å². The van der Waals surface area contributed by atoms with Crippen molar-refractivity contribution in [3.05, 3.63) is 59.4 Å². The van der Waals surface area contributed by atoms with Crippen LogP contribution in [-0.4, -0.2) is 64.3 Å². The fraction of sp³-hybridized carbons (Fsp3) is 0.391. The third-order valence-electron chi connectivity index (χ3n) is 5.48. The molecule has 166 valence electrons. The number of halogens is 1. The highest BCUT2D eigenvalue weighted by molar-refractivity contribution is 5.95. The minimum absolute atomic E-state index is 0.165. The standard InChI is InChI=1S/C23H27FN2O5/c1-29-11-10-25-22(27)20-14-26(23(28)15-4-6-16(24)7-5-15)13-19(20)18-12-17(30-2)8-9-21(18)31-3/h4-9,12,19-20H,10-11,13-14H2,1-3H3,(H,25,27)/t19-,20+/m0/s1. The van der Waals surface area contributed by atoms with Crippen LogP contribution in [0.15, 0.2) is 42.5 Å². The molecule has 0 spiro atoms. The molecule has 3 rings (SSSR count). The fourth-order valence-electron chi connectivity index (χ4n) is 3.86. The van der Waals surface area contributed by atoms with Gasteiger partial charge in [0.1, 0.15) is 17.3 Å². The molecule has 1 aliphatic heterocycles. The predicted octanol–water partition coefficient (Wildman–Crippen LogP) is 2.46. The lowest BCUT2D eigenvalue weighted by Crippen LogP contribution is -2.37. The molecule has 2 aromatic rings. The summed E-state index contributed by atoms with van der Waals surface area (Å²) in [5, 5.41) is 2.87. The Bertz CT molecular complexity index is 919. The van der Waals surface area contributed by atoms with Gasteiger partial charge in [0.25, 0.3) is 5.91 Å². The van der Waals surface area contributed by atoms with Gasteiger partial charge in [-0.2, -0.15) is 0 Å². The largest absolute Gasteiger partial charge is 0.497 e. The van der Waals surface area contributed by atoms with Crippen LogP contribution < -0.4 is 14.8 Å². The Balaban J connectivity index is 1.91. The highest BCUT2D eigenvalue weighted by atomic mass is 19.1. The molecule has 0 radical (unpaired) electrons. The zero-order valence-electron chi connectivity index (χ0n) is 17.9. The second-order valence-corrected chi connectivity index (χ2v) is 7.32. The monoisotopic (exact) mass is 430 g/mol. The Morgan fingerprint density at radius 2 is 1.81 bits per heavy atom. The van der Waals surface area contributed by atoms with Crippen LogP contribution >= 0.6 is 0 Å². The van der Waals surface area contributed by atoms with E-state index in [-0.39, 0.29) is 24.3 Å². The van der Waals surface area contributed by atoms with Crippen LogP contribution in [0.1, 0.15) is 21.8 Å². The molecule has 1 N–H and O–H groups in total. The van der Waals surface area contributed by atoms with Crippen molar-refractivity contribution in [1.82, 2.24) is 10.2 Å². The Kier molecular flexibility index (Phi) is 7.46. The van der Waals surface area contributed by atoms with E-state index in [1.807, 2.05) is 6.07 Å². The van der Waals surface area contributed by atoms with Gasteiger partial charge in [-0.1, -0.05) is 0 Å². The van der Waals surface area contributed by atoms with Crippen molar-refractivity contribution in [2.24, 2.45) is 5.92 Å². The number of benzene rings is 2. The number of nitrogens with one attached hydrogen (secondary N) is 1. The molecule has 0 aliphatic carbocycles. The van der Waals surface area contributed by atoms with Crippen molar-refractivity contribution in [1.29, 1.82) is 0 Å². The smallest absolute Gasteiger partial charge is 0.253 e. The van der Waals surface area contributed by atoms with Crippen LogP contribution in [0, 0.1) is 11.7 Å². The number of rotatable bonds is 8. The minimum Gasteiger partial charge on any atom is -0.497 e. The number of nitrogens with zero attached hydrogens (tertiary/aromatic N) is 1. The Morgan fingerprint density at radius 1 is 1.06 bits per heavy atom. The summed E-state index contributed by atoms with van der Waals surface area (Å²) in [4.78, 5) is 27.6. The van der Waals surface area contributed by atoms with Crippen LogP contribution in [0.4, 0.5) is 4.39 Å². The van der Waals surface area contributed by atoms with E-state index >= 15 is 0 Å². The molecule has 31 heavy (non-hydrogen) atoms. The summed E-state index contributed by atoms with van der Waals surface area (Å²) in [6.07, 6.45) is 0. The normalized spacial score (nSPS) is 18.0. The highest BCUT2D eigenvalue weighted by Gasteiger charge is 2.41. The molecule has 2 atom stereocenters. The summed E-state index contributed by atoms with van der Waals surface area (Å²) in [6, 6.07) is 10.8. The quantitative estimate of drug-likeness (QED) is 0.651. The summed E-state index contributed by atoms with van der Waals surface area (Å²) in [6.45, 7) is 1.33. The molecule has 0 unspecified atom stereocenters. The van der Waals surface area contributed by atoms with Crippen molar-refractivity contribution in [3.8, 4) is 11.5 Å². The van der Waals surface area contributed by atoms with E-state index in [2.05, 4.69) is 5.32 Å². The Labute approximate surface area is 181 Å². The van der Waals surface area contributed by atoms with Crippen molar-refractivity contribution in [2.75, 3.05) is 47.6 Å². The highest BCUT2D eigenvalue weighted by Crippen LogP contribution is 2.40. The maximum atomic E-state index is 13.3. The molecule has 1 saturated heterocycles. The number of amides is 2. The molecule has 0 aromatic heterocycles. The first kappa shape index (κ1) is 22.6. The number of hydrogen-bond acceptors (Lipinski definition) is 5. The zero-order chi connectivity index (χ0) is 22.4. The van der Waals surface area contributed by atoms with E-state index in [9.17, 15) is 14.0 Å². The number of hydrogen-bond donors (Lipinski definition) is 1. The predicted molar refractivity (Wildman–Crippen MR) is 113 cm³/mol. The van der Waals surface area contributed by atoms with Crippen LogP contribution in [0.3, 0.4) is 0 Å². The molecule has 1 aliphatic rings. The van der Waals surface area contributed by atoms with Crippen molar-refractivity contribution in [3.63, 3.8) is 0 Å². The number of carbonyl (C=O) groups excluding carboxylic acids is 2. The van der Waals surface area contributed by atoms with Gasteiger partial charge in [0, 0.05) is 43.8 Å². The third kappa shape index (κ3) is 5.14. The summed E-state index contributed by atoms with van der Waals surface area (Å²) in [7, 11) is 4.70. The van der Waals surface area contributed by atoms with Gasteiger partial charge in [0.15, 0.2) is 0 Å². The number of methoxy groups -OCH3 is 3. The van der Waals surface area contributed by atoms with Crippen LogP contribution in [0.25, 0.3) is 0 Å². The van der Waals surface area contributed by atoms with E-state index in [0.29, 0.717) is 36.8 Å². The topological polar surface area (TPSA) is 77.1 Å². The van der Waals surface area contributed by atoms with Gasteiger partial charge in [-0.05, 0) is 42.5 Å². The summed E-state index contributed by atoms with van der Waals surface area (Å²) >= 11 is 0. The SMILES string of the molecule is COCCNC(=O)[C@@H]1CN(C(=O)c2ccc(F)cc2)C[C@H]1c1cc(OC)ccc1OC. The average Bonchev–Trinajstić information content (AvgIpc) is 3.24. The van der Waals surface area contributed by atoms with Gasteiger partial charge in [0.05, 0.1) is 26.7 Å². The number of carbonyl (C=O) groups is 2. The van der Waals surface area contributed by atoms with Crippen LogP contribution in [-0.2, 0) is 9.53 Å². The second kappa shape index (κ2) is 10.3. The minimum atomic E-state index is -0.484.